The minimum absolute atomic E-state index is 0.117. The Hall–Kier alpha value is -3.30. The summed E-state index contributed by atoms with van der Waals surface area (Å²) < 4.78 is 34.2. The van der Waals surface area contributed by atoms with Gasteiger partial charge in [0.25, 0.3) is 5.69 Å². The highest BCUT2D eigenvalue weighted by atomic mass is 31.2. The van der Waals surface area contributed by atoms with Gasteiger partial charge in [-0.1, -0.05) is 83.0 Å². The Kier molecular flexibility index (Phi) is 14.9. The van der Waals surface area contributed by atoms with Gasteiger partial charge >= 0.3 is 13.6 Å². The third kappa shape index (κ3) is 10.3. The Morgan fingerprint density at radius 1 is 0.957 bits per heavy atom. The van der Waals surface area contributed by atoms with E-state index in [1.165, 1.54) is 12.1 Å². The molecule has 258 valence electrons. The summed E-state index contributed by atoms with van der Waals surface area (Å²) in [5.41, 5.74) is 2.69. The van der Waals surface area contributed by atoms with Crippen LogP contribution in [0, 0.1) is 10.1 Å². The van der Waals surface area contributed by atoms with Crippen LogP contribution in [0.3, 0.4) is 0 Å². The van der Waals surface area contributed by atoms with Crippen molar-refractivity contribution < 1.29 is 28.1 Å². The fraction of sp³-hybridized carbons (Fsp3) is 0.528. The summed E-state index contributed by atoms with van der Waals surface area (Å²) in [5, 5.41) is 15.4. The Morgan fingerprint density at radius 2 is 1.57 bits per heavy atom. The van der Waals surface area contributed by atoms with Crippen LogP contribution in [0.4, 0.5) is 5.69 Å². The number of nitrogens with one attached hydrogen (secondary N) is 1. The Morgan fingerprint density at radius 3 is 2.13 bits per heavy atom. The second kappa shape index (κ2) is 18.3. The summed E-state index contributed by atoms with van der Waals surface area (Å²) in [5.74, 6) is -1.56. The molecule has 0 amide bonds. The van der Waals surface area contributed by atoms with Crippen molar-refractivity contribution in [2.24, 2.45) is 0 Å². The maximum atomic E-state index is 15.4. The van der Waals surface area contributed by atoms with Crippen LogP contribution in [-0.2, 0) is 29.7 Å². The number of nitro benzene ring substituents is 1. The molecule has 2 aromatic rings. The van der Waals surface area contributed by atoms with Gasteiger partial charge in [-0.3, -0.25) is 19.6 Å². The minimum Gasteiger partial charge on any atom is -0.461 e. The number of carbonyl (C=O) groups is 1. The minimum atomic E-state index is -4.10. The predicted molar refractivity (Wildman–Crippen MR) is 186 cm³/mol. The standard InChI is InChI=1S/C36H52N3O7P/c1-8-16-31(10-3)45-47(43,46-32(11-4)17-9-2)35-27(6)37-26(5)33(34(35)29-20-15-21-30(24-29)39(41)42)36(40)44-23-22-38(7)25-28-18-13-12-14-19-28/h12-15,18-21,24,31-32,34,37H,8-11,16-17,22-23,25H2,1-7H3. The highest BCUT2D eigenvalue weighted by Crippen LogP contribution is 2.66. The lowest BCUT2D eigenvalue weighted by Gasteiger charge is -2.37. The largest absolute Gasteiger partial charge is 0.461 e. The third-order valence-corrected chi connectivity index (χ3v) is 10.7. The molecule has 1 aliphatic rings. The van der Waals surface area contributed by atoms with Gasteiger partial charge in [0, 0.05) is 36.6 Å². The SMILES string of the molecule is CCCC(CC)OP(=O)(OC(CC)CCC)C1=C(C)NC(C)=C(C(=O)OCCN(C)Cc2ccccc2)C1c1cccc([N+](=O)[O-])c1. The number of allylic oxidation sites excluding steroid dienone is 3. The van der Waals surface area contributed by atoms with E-state index < -0.39 is 24.4 Å². The van der Waals surface area contributed by atoms with Crippen LogP contribution in [0.1, 0.15) is 97.1 Å². The number of dihydropyridines is 1. The van der Waals surface area contributed by atoms with Gasteiger partial charge in [-0.25, -0.2) is 4.79 Å². The Labute approximate surface area is 280 Å². The zero-order valence-electron chi connectivity index (χ0n) is 29.0. The molecule has 0 spiro atoms. The maximum absolute atomic E-state index is 15.4. The first kappa shape index (κ1) is 38.2. The fourth-order valence-electron chi connectivity index (χ4n) is 5.94. The summed E-state index contributed by atoms with van der Waals surface area (Å²) in [7, 11) is -2.15. The lowest BCUT2D eigenvalue weighted by Crippen LogP contribution is -2.32. The molecule has 11 heteroatoms. The van der Waals surface area contributed by atoms with Gasteiger partial charge in [0.1, 0.15) is 6.61 Å². The highest BCUT2D eigenvalue weighted by molar-refractivity contribution is 7.58. The van der Waals surface area contributed by atoms with Crippen LogP contribution in [0.25, 0.3) is 0 Å². The first-order chi connectivity index (χ1) is 22.5. The normalized spacial score (nSPS) is 17.7. The molecule has 47 heavy (non-hydrogen) atoms. The number of hydrogen-bond acceptors (Lipinski definition) is 9. The van der Waals surface area contributed by atoms with Gasteiger partial charge in [-0.2, -0.15) is 0 Å². The molecule has 3 atom stereocenters. The number of rotatable bonds is 19. The average molecular weight is 670 g/mol. The van der Waals surface area contributed by atoms with E-state index in [1.54, 1.807) is 26.0 Å². The quantitative estimate of drug-likeness (QED) is 0.0677. The summed E-state index contributed by atoms with van der Waals surface area (Å²) >= 11 is 0. The monoisotopic (exact) mass is 669 g/mol. The number of non-ortho nitro benzene ring substituents is 1. The van der Waals surface area contributed by atoms with Crippen molar-refractivity contribution in [3.63, 3.8) is 0 Å². The number of benzene rings is 2. The van der Waals surface area contributed by atoms with Crippen molar-refractivity contribution in [1.82, 2.24) is 10.2 Å². The molecule has 0 saturated carbocycles. The average Bonchev–Trinajstić information content (AvgIpc) is 3.04. The van der Waals surface area contributed by atoms with Crippen LogP contribution < -0.4 is 5.32 Å². The molecule has 3 unspecified atom stereocenters. The number of carbonyl (C=O) groups excluding carboxylic acids is 1. The van der Waals surface area contributed by atoms with Crippen LogP contribution >= 0.6 is 7.60 Å². The molecular formula is C36H52N3O7P. The molecule has 0 aromatic heterocycles. The predicted octanol–water partition coefficient (Wildman–Crippen LogP) is 8.85. The first-order valence-corrected chi connectivity index (χ1v) is 18.3. The summed E-state index contributed by atoms with van der Waals surface area (Å²) in [6.45, 7) is 12.9. The van der Waals surface area contributed by atoms with Crippen molar-refractivity contribution in [2.75, 3.05) is 20.2 Å². The van der Waals surface area contributed by atoms with E-state index in [-0.39, 0.29) is 35.4 Å². The van der Waals surface area contributed by atoms with E-state index in [4.69, 9.17) is 13.8 Å². The van der Waals surface area contributed by atoms with Crippen LogP contribution in [0.5, 0.6) is 0 Å². The summed E-state index contributed by atoms with van der Waals surface area (Å²) in [6, 6.07) is 16.1. The topological polar surface area (TPSA) is 120 Å². The Bertz CT molecular complexity index is 1440. The Balaban J connectivity index is 2.08. The molecule has 10 nitrogen and oxygen atoms in total. The van der Waals surface area contributed by atoms with Crippen molar-refractivity contribution in [2.45, 2.75) is 105 Å². The van der Waals surface area contributed by atoms with Gasteiger partial charge in [-0.05, 0) is 57.7 Å². The number of nitro groups is 1. The number of likely N-dealkylation sites (N-methyl/N-ethyl adjacent to an activating group) is 1. The second-order valence-corrected chi connectivity index (χ2v) is 14.1. The molecule has 1 aliphatic heterocycles. The molecule has 2 aromatic carbocycles. The summed E-state index contributed by atoms with van der Waals surface area (Å²) in [4.78, 5) is 27.5. The molecule has 3 rings (SSSR count). The first-order valence-electron chi connectivity index (χ1n) is 16.8. The molecule has 0 radical (unpaired) electrons. The van der Waals surface area contributed by atoms with Gasteiger partial charge in [0.05, 0.1) is 33.9 Å². The maximum Gasteiger partial charge on any atom is 0.360 e. The summed E-state index contributed by atoms with van der Waals surface area (Å²) in [6.07, 6.45) is 3.54. The lowest BCUT2D eigenvalue weighted by atomic mass is 9.86. The van der Waals surface area contributed by atoms with E-state index >= 15 is 4.57 Å². The molecule has 1 heterocycles. The van der Waals surface area contributed by atoms with E-state index in [1.807, 2.05) is 65.1 Å². The molecule has 0 fully saturated rings. The van der Waals surface area contributed by atoms with Crippen LogP contribution in [-0.4, -0.2) is 48.2 Å². The number of ether oxygens (including phenoxy) is 1. The van der Waals surface area contributed by atoms with Gasteiger partial charge in [0.15, 0.2) is 0 Å². The zero-order chi connectivity index (χ0) is 34.6. The molecule has 0 bridgehead atoms. The number of nitrogens with zero attached hydrogens (tertiary/aromatic N) is 2. The van der Waals surface area contributed by atoms with Gasteiger partial charge in [0.2, 0.25) is 0 Å². The smallest absolute Gasteiger partial charge is 0.360 e. The second-order valence-electron chi connectivity index (χ2n) is 12.2. The number of esters is 1. The van der Waals surface area contributed by atoms with Crippen molar-refractivity contribution in [3.8, 4) is 0 Å². The fourth-order valence-corrected chi connectivity index (χ4v) is 8.57. The third-order valence-electron chi connectivity index (χ3n) is 8.36. The highest BCUT2D eigenvalue weighted by Gasteiger charge is 2.47. The lowest BCUT2D eigenvalue weighted by molar-refractivity contribution is -0.384. The van der Waals surface area contributed by atoms with Crippen LogP contribution in [0.15, 0.2) is 76.9 Å². The van der Waals surface area contributed by atoms with E-state index in [2.05, 4.69) is 10.2 Å². The van der Waals surface area contributed by atoms with E-state index in [0.29, 0.717) is 55.7 Å². The van der Waals surface area contributed by atoms with Gasteiger partial charge in [-0.15, -0.1) is 0 Å². The van der Waals surface area contributed by atoms with Crippen LogP contribution in [0.2, 0.25) is 0 Å². The van der Waals surface area contributed by atoms with E-state index in [0.717, 1.165) is 18.4 Å². The van der Waals surface area contributed by atoms with Crippen molar-refractivity contribution >= 4 is 19.3 Å². The van der Waals surface area contributed by atoms with Crippen molar-refractivity contribution in [3.05, 3.63) is 98.1 Å². The van der Waals surface area contributed by atoms with Crippen molar-refractivity contribution in [1.29, 1.82) is 0 Å². The molecule has 1 N–H and O–H groups in total. The van der Waals surface area contributed by atoms with Gasteiger partial charge < -0.3 is 19.1 Å². The molecule has 0 saturated heterocycles. The molecule has 0 aliphatic carbocycles. The number of hydrogen-bond donors (Lipinski definition) is 1. The van der Waals surface area contributed by atoms with E-state index in [9.17, 15) is 14.9 Å². The molecular weight excluding hydrogens is 617 g/mol. The zero-order valence-corrected chi connectivity index (χ0v) is 29.9.